The first-order valence-electron chi connectivity index (χ1n) is 4.43. The number of rotatable bonds is 2. The highest BCUT2D eigenvalue weighted by Gasteiger charge is 2.04. The number of imidazole rings is 1. The van der Waals surface area contributed by atoms with Crippen molar-refractivity contribution >= 4 is 5.82 Å². The van der Waals surface area contributed by atoms with E-state index in [-0.39, 0.29) is 0 Å². The molecule has 74 valence electrons. The average Bonchev–Trinajstić information content (AvgIpc) is 2.62. The second-order valence-corrected chi connectivity index (χ2v) is 3.32. The third-order valence-electron chi connectivity index (χ3n) is 2.21. The van der Waals surface area contributed by atoms with Gasteiger partial charge in [-0.3, -0.25) is 4.68 Å². The van der Waals surface area contributed by atoms with Gasteiger partial charge in [0, 0.05) is 31.2 Å². The van der Waals surface area contributed by atoms with Gasteiger partial charge in [-0.25, -0.2) is 4.98 Å². The zero-order chi connectivity index (χ0) is 10.1. The first kappa shape index (κ1) is 8.80. The molecule has 0 aromatic carbocycles. The lowest BCUT2D eigenvalue weighted by atomic mass is 10.4. The molecule has 0 saturated heterocycles. The molecule has 0 aliphatic carbocycles. The number of nitrogen functional groups attached to an aromatic ring is 1. The number of nitrogens with two attached hydrogens (primary N) is 1. The lowest BCUT2D eigenvalue weighted by Gasteiger charge is -2.03. The van der Waals surface area contributed by atoms with Crippen molar-refractivity contribution in [2.45, 2.75) is 13.5 Å². The van der Waals surface area contributed by atoms with Crippen molar-refractivity contribution in [3.63, 3.8) is 0 Å². The van der Waals surface area contributed by atoms with E-state index in [1.165, 1.54) is 0 Å². The largest absolute Gasteiger partial charge is 0.382 e. The van der Waals surface area contributed by atoms with E-state index >= 15 is 0 Å². The highest BCUT2D eigenvalue weighted by Crippen LogP contribution is 2.06. The Labute approximate surface area is 82.2 Å². The molecule has 0 radical (unpaired) electrons. The predicted molar refractivity (Wildman–Crippen MR) is 53.7 cm³/mol. The van der Waals surface area contributed by atoms with E-state index in [1.807, 2.05) is 35.5 Å². The molecular weight excluding hydrogens is 178 g/mol. The van der Waals surface area contributed by atoms with Gasteiger partial charge in [-0.15, -0.1) is 0 Å². The van der Waals surface area contributed by atoms with Gasteiger partial charge in [0.15, 0.2) is 0 Å². The Morgan fingerprint density at radius 2 is 2.29 bits per heavy atom. The number of anilines is 1. The molecule has 0 spiro atoms. The van der Waals surface area contributed by atoms with E-state index in [0.29, 0.717) is 12.4 Å². The molecule has 0 aliphatic heterocycles. The van der Waals surface area contributed by atoms with Gasteiger partial charge in [0.1, 0.15) is 11.6 Å². The van der Waals surface area contributed by atoms with E-state index in [2.05, 4.69) is 10.1 Å². The summed E-state index contributed by atoms with van der Waals surface area (Å²) >= 11 is 0. The van der Waals surface area contributed by atoms with Crippen molar-refractivity contribution in [1.82, 2.24) is 19.3 Å². The number of nitrogens with zero attached hydrogens (tertiary/aromatic N) is 4. The van der Waals surface area contributed by atoms with Crippen molar-refractivity contribution in [1.29, 1.82) is 0 Å². The second kappa shape index (κ2) is 3.17. The molecule has 2 heterocycles. The van der Waals surface area contributed by atoms with Crippen molar-refractivity contribution < 1.29 is 0 Å². The summed E-state index contributed by atoms with van der Waals surface area (Å²) in [4.78, 5) is 4.22. The zero-order valence-electron chi connectivity index (χ0n) is 8.31. The Balaban J connectivity index is 2.27. The van der Waals surface area contributed by atoms with Crippen LogP contribution in [0.4, 0.5) is 5.82 Å². The Hall–Kier alpha value is -1.78. The van der Waals surface area contributed by atoms with Crippen LogP contribution in [0.5, 0.6) is 0 Å². The van der Waals surface area contributed by atoms with Crippen LogP contribution < -0.4 is 5.73 Å². The minimum absolute atomic E-state index is 0.553. The monoisotopic (exact) mass is 191 g/mol. The van der Waals surface area contributed by atoms with E-state index in [0.717, 1.165) is 11.5 Å². The lowest BCUT2D eigenvalue weighted by molar-refractivity contribution is 0.618. The fourth-order valence-electron chi connectivity index (χ4n) is 1.38. The van der Waals surface area contributed by atoms with Crippen LogP contribution in [0.2, 0.25) is 0 Å². The van der Waals surface area contributed by atoms with Crippen LogP contribution in [0.25, 0.3) is 0 Å². The fraction of sp³-hybridized carbons (Fsp3) is 0.333. The third-order valence-corrected chi connectivity index (χ3v) is 2.21. The Bertz CT molecular complexity index is 440. The number of aromatic nitrogens is 4. The predicted octanol–water partition coefficient (Wildman–Crippen LogP) is 0.556. The molecule has 2 rings (SSSR count). The molecule has 2 aromatic heterocycles. The SMILES string of the molecule is Cc1cc(N)nn1Cc1nccn1C. The molecule has 0 saturated carbocycles. The number of aryl methyl sites for hydroxylation is 2. The maximum atomic E-state index is 5.59. The smallest absolute Gasteiger partial charge is 0.145 e. The number of hydrogen-bond donors (Lipinski definition) is 1. The molecule has 5 heteroatoms. The van der Waals surface area contributed by atoms with Crippen molar-refractivity contribution in [3.8, 4) is 0 Å². The lowest BCUT2D eigenvalue weighted by Crippen LogP contribution is -2.08. The molecule has 5 nitrogen and oxygen atoms in total. The molecule has 0 aliphatic rings. The summed E-state index contributed by atoms with van der Waals surface area (Å²) in [5.41, 5.74) is 6.63. The Kier molecular flexibility index (Phi) is 1.99. The molecule has 0 amide bonds. The van der Waals surface area contributed by atoms with Crippen LogP contribution >= 0.6 is 0 Å². The molecule has 0 atom stereocenters. The van der Waals surface area contributed by atoms with Gasteiger partial charge in [-0.1, -0.05) is 0 Å². The van der Waals surface area contributed by atoms with Gasteiger partial charge in [0.2, 0.25) is 0 Å². The molecule has 2 aromatic rings. The highest BCUT2D eigenvalue weighted by molar-refractivity contribution is 5.28. The van der Waals surface area contributed by atoms with Gasteiger partial charge in [0.25, 0.3) is 0 Å². The maximum absolute atomic E-state index is 5.59. The van der Waals surface area contributed by atoms with Crippen molar-refractivity contribution in [2.75, 3.05) is 5.73 Å². The molecule has 2 N–H and O–H groups in total. The van der Waals surface area contributed by atoms with Crippen LogP contribution in [0, 0.1) is 6.92 Å². The third kappa shape index (κ3) is 1.48. The van der Waals surface area contributed by atoms with Gasteiger partial charge in [0.05, 0.1) is 6.54 Å². The second-order valence-electron chi connectivity index (χ2n) is 3.32. The van der Waals surface area contributed by atoms with Crippen molar-refractivity contribution in [2.24, 2.45) is 7.05 Å². The topological polar surface area (TPSA) is 61.7 Å². The van der Waals surface area contributed by atoms with Gasteiger partial charge in [-0.2, -0.15) is 5.10 Å². The summed E-state index contributed by atoms with van der Waals surface area (Å²) in [5, 5.41) is 4.17. The summed E-state index contributed by atoms with van der Waals surface area (Å²) in [6, 6.07) is 1.85. The Morgan fingerprint density at radius 1 is 1.50 bits per heavy atom. The summed E-state index contributed by atoms with van der Waals surface area (Å²) in [5.74, 6) is 1.52. The van der Waals surface area contributed by atoms with Crippen LogP contribution in [0.1, 0.15) is 11.5 Å². The number of hydrogen-bond acceptors (Lipinski definition) is 3. The maximum Gasteiger partial charge on any atom is 0.145 e. The van der Waals surface area contributed by atoms with E-state index in [4.69, 9.17) is 5.73 Å². The van der Waals surface area contributed by atoms with Crippen LogP contribution in [0.15, 0.2) is 18.5 Å². The van der Waals surface area contributed by atoms with Crippen LogP contribution in [-0.4, -0.2) is 19.3 Å². The normalized spacial score (nSPS) is 10.7. The first-order chi connectivity index (χ1) is 6.66. The molecule has 14 heavy (non-hydrogen) atoms. The van der Waals surface area contributed by atoms with E-state index in [1.54, 1.807) is 6.20 Å². The molecule has 0 unspecified atom stereocenters. The van der Waals surface area contributed by atoms with E-state index in [9.17, 15) is 0 Å². The molecule has 0 bridgehead atoms. The summed E-state index contributed by atoms with van der Waals surface area (Å²) < 4.78 is 3.81. The fourth-order valence-corrected chi connectivity index (χ4v) is 1.38. The summed E-state index contributed by atoms with van der Waals surface area (Å²) in [6.07, 6.45) is 3.69. The summed E-state index contributed by atoms with van der Waals surface area (Å²) in [6.45, 7) is 2.64. The van der Waals surface area contributed by atoms with Crippen LogP contribution in [-0.2, 0) is 13.6 Å². The summed E-state index contributed by atoms with van der Waals surface area (Å²) in [7, 11) is 1.96. The van der Waals surface area contributed by atoms with Crippen molar-refractivity contribution in [3.05, 3.63) is 30.0 Å². The highest BCUT2D eigenvalue weighted by atomic mass is 15.3. The average molecular weight is 191 g/mol. The Morgan fingerprint density at radius 3 is 2.79 bits per heavy atom. The minimum atomic E-state index is 0.553. The minimum Gasteiger partial charge on any atom is -0.382 e. The van der Waals surface area contributed by atoms with Crippen LogP contribution in [0.3, 0.4) is 0 Å². The van der Waals surface area contributed by atoms with E-state index < -0.39 is 0 Å². The quantitative estimate of drug-likeness (QED) is 0.754. The van der Waals surface area contributed by atoms with Gasteiger partial charge < -0.3 is 10.3 Å². The zero-order valence-corrected chi connectivity index (χ0v) is 8.31. The van der Waals surface area contributed by atoms with Gasteiger partial charge >= 0.3 is 0 Å². The van der Waals surface area contributed by atoms with Gasteiger partial charge in [-0.05, 0) is 6.92 Å². The standard InChI is InChI=1S/C9H13N5/c1-7-5-8(10)12-14(7)6-9-11-3-4-13(9)2/h3-5H,6H2,1-2H3,(H2,10,12). The first-order valence-corrected chi connectivity index (χ1v) is 4.43. The molecule has 0 fully saturated rings. The molecular formula is C9H13N5.